The third kappa shape index (κ3) is 5.33. The standard InChI is InChI=1S/C28H24F2N6O5/c1-13-16-6-8-21(18(16)5-4-17(13)28(40)41)35-27(39)24-10-23(34-25-20(30)12-32-36(24)25)26(38)31-11-15-3-7-19(29)22(9-15)33-14(2)37/h3-5,7,9-10,12,21H,6,8,11H2,1-2H3,(H,31,38)(H,33,37)(H,35,39)(H,40,41)/t21-/m0/s1. The largest absolute Gasteiger partial charge is 0.478 e. The van der Waals surface area contributed by atoms with Gasteiger partial charge in [0, 0.05) is 19.5 Å². The van der Waals surface area contributed by atoms with E-state index in [2.05, 4.69) is 26.0 Å². The second-order valence-electron chi connectivity index (χ2n) is 9.61. The molecule has 0 radical (unpaired) electrons. The van der Waals surface area contributed by atoms with Crippen LogP contribution in [0.3, 0.4) is 0 Å². The van der Waals surface area contributed by atoms with Gasteiger partial charge in [0.05, 0.1) is 23.5 Å². The number of hydrogen-bond acceptors (Lipinski definition) is 6. The highest BCUT2D eigenvalue weighted by Gasteiger charge is 2.29. The molecule has 13 heteroatoms. The van der Waals surface area contributed by atoms with Gasteiger partial charge >= 0.3 is 5.97 Å². The Labute approximate surface area is 231 Å². The molecule has 3 amide bonds. The second-order valence-corrected chi connectivity index (χ2v) is 9.61. The molecule has 1 atom stereocenters. The van der Waals surface area contributed by atoms with Crippen molar-refractivity contribution in [3.05, 3.63) is 93.4 Å². The van der Waals surface area contributed by atoms with Crippen molar-refractivity contribution in [3.63, 3.8) is 0 Å². The summed E-state index contributed by atoms with van der Waals surface area (Å²) in [7, 11) is 0. The molecular formula is C28H24F2N6O5. The SMILES string of the molecule is CC(=O)Nc1cc(CNC(=O)c2cc(C(=O)N[C@H]3CCc4c3ccc(C(=O)O)c4C)n3ncc(F)c3n2)ccc1F. The molecule has 11 nitrogen and oxygen atoms in total. The Morgan fingerprint density at radius 3 is 2.59 bits per heavy atom. The summed E-state index contributed by atoms with van der Waals surface area (Å²) in [5.41, 5.74) is 2.18. The van der Waals surface area contributed by atoms with Gasteiger partial charge in [0.25, 0.3) is 11.8 Å². The third-order valence-corrected chi connectivity index (χ3v) is 6.92. The monoisotopic (exact) mass is 562 g/mol. The molecule has 5 rings (SSSR count). The summed E-state index contributed by atoms with van der Waals surface area (Å²) >= 11 is 0. The Morgan fingerprint density at radius 2 is 1.85 bits per heavy atom. The fourth-order valence-corrected chi connectivity index (χ4v) is 4.95. The van der Waals surface area contributed by atoms with Crippen molar-refractivity contribution in [2.24, 2.45) is 0 Å². The van der Waals surface area contributed by atoms with E-state index >= 15 is 0 Å². The molecule has 0 saturated heterocycles. The van der Waals surface area contributed by atoms with Crippen molar-refractivity contribution in [2.75, 3.05) is 5.32 Å². The van der Waals surface area contributed by atoms with E-state index in [1.807, 2.05) is 0 Å². The number of hydrogen-bond donors (Lipinski definition) is 4. The number of carboxylic acid groups (broad SMARTS) is 1. The van der Waals surface area contributed by atoms with Gasteiger partial charge < -0.3 is 21.1 Å². The molecule has 2 aromatic heterocycles. The van der Waals surface area contributed by atoms with E-state index in [1.165, 1.54) is 31.2 Å². The van der Waals surface area contributed by atoms with Crippen LogP contribution in [0.5, 0.6) is 0 Å². The maximum atomic E-state index is 14.5. The molecule has 2 aromatic carbocycles. The molecule has 2 heterocycles. The number of aromatic carboxylic acids is 1. The minimum atomic E-state index is -1.03. The maximum Gasteiger partial charge on any atom is 0.335 e. The van der Waals surface area contributed by atoms with Crippen LogP contribution in [-0.2, 0) is 17.8 Å². The van der Waals surface area contributed by atoms with Gasteiger partial charge in [-0.1, -0.05) is 12.1 Å². The van der Waals surface area contributed by atoms with Crippen LogP contribution in [0, 0.1) is 18.6 Å². The number of carboxylic acids is 1. The van der Waals surface area contributed by atoms with E-state index in [9.17, 15) is 33.1 Å². The molecule has 210 valence electrons. The molecule has 41 heavy (non-hydrogen) atoms. The first-order valence-corrected chi connectivity index (χ1v) is 12.6. The second kappa shape index (κ2) is 10.8. The van der Waals surface area contributed by atoms with E-state index in [-0.39, 0.29) is 34.8 Å². The quantitative estimate of drug-likeness (QED) is 0.269. The van der Waals surface area contributed by atoms with E-state index in [0.29, 0.717) is 24.0 Å². The van der Waals surface area contributed by atoms with Gasteiger partial charge in [0.1, 0.15) is 17.2 Å². The molecule has 0 unspecified atom stereocenters. The van der Waals surface area contributed by atoms with Crippen LogP contribution in [0.15, 0.2) is 42.6 Å². The minimum absolute atomic E-state index is 0.0491. The Kier molecular flexibility index (Phi) is 7.18. The van der Waals surface area contributed by atoms with Crippen molar-refractivity contribution in [3.8, 4) is 0 Å². The van der Waals surface area contributed by atoms with Crippen molar-refractivity contribution in [2.45, 2.75) is 39.3 Å². The molecule has 0 saturated carbocycles. The number of rotatable bonds is 7. The summed E-state index contributed by atoms with van der Waals surface area (Å²) in [5, 5.41) is 21.1. The van der Waals surface area contributed by atoms with Gasteiger partial charge in [-0.15, -0.1) is 0 Å². The number of nitrogens with one attached hydrogen (secondary N) is 3. The molecule has 4 aromatic rings. The fourth-order valence-electron chi connectivity index (χ4n) is 4.95. The van der Waals surface area contributed by atoms with Crippen molar-refractivity contribution in [1.82, 2.24) is 25.2 Å². The fraction of sp³-hybridized carbons (Fsp3) is 0.214. The van der Waals surface area contributed by atoms with Crippen LogP contribution in [0.1, 0.15) is 73.0 Å². The first kappa shape index (κ1) is 27.4. The number of nitrogens with zero attached hydrogens (tertiary/aromatic N) is 3. The number of benzene rings is 2. The van der Waals surface area contributed by atoms with E-state index < -0.39 is 41.4 Å². The molecule has 0 fully saturated rings. The maximum absolute atomic E-state index is 14.5. The van der Waals surface area contributed by atoms with Gasteiger partial charge in [-0.3, -0.25) is 14.4 Å². The Morgan fingerprint density at radius 1 is 1.07 bits per heavy atom. The highest BCUT2D eigenvalue weighted by Crippen LogP contribution is 2.35. The lowest BCUT2D eigenvalue weighted by atomic mass is 9.98. The first-order valence-electron chi connectivity index (χ1n) is 12.6. The first-order chi connectivity index (χ1) is 19.5. The lowest BCUT2D eigenvalue weighted by Gasteiger charge is -2.16. The Hall–Kier alpha value is -5.20. The number of carbonyl (C=O) groups is 4. The molecule has 1 aliphatic carbocycles. The van der Waals surface area contributed by atoms with Crippen molar-refractivity contribution >= 4 is 35.0 Å². The van der Waals surface area contributed by atoms with Gasteiger partial charge in [-0.25, -0.2) is 23.1 Å². The number of aromatic nitrogens is 3. The topological polar surface area (TPSA) is 155 Å². The van der Waals surface area contributed by atoms with Gasteiger partial charge in [0.15, 0.2) is 11.5 Å². The predicted octanol–water partition coefficient (Wildman–Crippen LogP) is 3.32. The molecule has 0 aliphatic heterocycles. The Bertz CT molecular complexity index is 1750. The summed E-state index contributed by atoms with van der Waals surface area (Å²) in [6, 6.07) is 7.86. The number of amides is 3. The highest BCUT2D eigenvalue weighted by molar-refractivity contribution is 5.98. The highest BCUT2D eigenvalue weighted by atomic mass is 19.1. The zero-order chi connectivity index (χ0) is 29.4. The van der Waals surface area contributed by atoms with Crippen LogP contribution in [0.25, 0.3) is 5.65 Å². The number of carbonyl (C=O) groups excluding carboxylic acids is 3. The van der Waals surface area contributed by atoms with Gasteiger partial charge in [-0.05, 0) is 60.2 Å². The molecular weight excluding hydrogens is 538 g/mol. The average molecular weight is 563 g/mol. The zero-order valence-electron chi connectivity index (χ0n) is 21.9. The van der Waals surface area contributed by atoms with Crippen LogP contribution in [-0.4, -0.2) is 43.4 Å². The average Bonchev–Trinajstić information content (AvgIpc) is 3.51. The van der Waals surface area contributed by atoms with E-state index in [0.717, 1.165) is 27.9 Å². The molecule has 4 N–H and O–H groups in total. The molecule has 0 bridgehead atoms. The van der Waals surface area contributed by atoms with Gasteiger partial charge in [-0.2, -0.15) is 5.10 Å². The van der Waals surface area contributed by atoms with Crippen molar-refractivity contribution < 1.29 is 33.1 Å². The number of anilines is 1. The van der Waals surface area contributed by atoms with Gasteiger partial charge in [0.2, 0.25) is 5.91 Å². The minimum Gasteiger partial charge on any atom is -0.478 e. The zero-order valence-corrected chi connectivity index (χ0v) is 21.9. The summed E-state index contributed by atoms with van der Waals surface area (Å²) in [4.78, 5) is 53.2. The van der Waals surface area contributed by atoms with Crippen LogP contribution in [0.4, 0.5) is 14.5 Å². The summed E-state index contributed by atoms with van der Waals surface area (Å²) in [6.45, 7) is 2.89. The molecule has 0 spiro atoms. The van der Waals surface area contributed by atoms with Crippen LogP contribution >= 0.6 is 0 Å². The van der Waals surface area contributed by atoms with E-state index in [4.69, 9.17) is 0 Å². The third-order valence-electron chi connectivity index (χ3n) is 6.92. The summed E-state index contributed by atoms with van der Waals surface area (Å²) < 4.78 is 29.4. The normalized spacial score (nSPS) is 14.0. The number of fused-ring (bicyclic) bond motifs is 2. The van der Waals surface area contributed by atoms with Crippen molar-refractivity contribution in [1.29, 1.82) is 0 Å². The van der Waals surface area contributed by atoms with E-state index in [1.54, 1.807) is 13.0 Å². The summed E-state index contributed by atoms with van der Waals surface area (Å²) in [6.07, 6.45) is 1.97. The lowest BCUT2D eigenvalue weighted by Crippen LogP contribution is -2.30. The predicted molar refractivity (Wildman–Crippen MR) is 141 cm³/mol. The summed E-state index contributed by atoms with van der Waals surface area (Å²) in [5.74, 6) is -4.33. The van der Waals surface area contributed by atoms with Crippen LogP contribution < -0.4 is 16.0 Å². The number of halogens is 2. The Balaban J connectivity index is 1.38. The smallest absolute Gasteiger partial charge is 0.335 e. The lowest BCUT2D eigenvalue weighted by molar-refractivity contribution is -0.114. The molecule has 1 aliphatic rings. The van der Waals surface area contributed by atoms with Crippen LogP contribution in [0.2, 0.25) is 0 Å².